The second kappa shape index (κ2) is 6.60. The molecule has 0 bridgehead atoms. The zero-order valence-electron chi connectivity index (χ0n) is 14.9. The Hall–Kier alpha value is -2.62. The van der Waals surface area contributed by atoms with Gasteiger partial charge in [0.15, 0.2) is 0 Å². The van der Waals surface area contributed by atoms with E-state index in [4.69, 9.17) is 5.73 Å². The molecule has 2 aromatic rings. The molecule has 26 heavy (non-hydrogen) atoms. The van der Waals surface area contributed by atoms with Crippen molar-refractivity contribution >= 4 is 11.8 Å². The Balaban J connectivity index is 1.53. The van der Waals surface area contributed by atoms with E-state index < -0.39 is 0 Å². The van der Waals surface area contributed by atoms with Crippen LogP contribution in [0.15, 0.2) is 54.6 Å². The highest BCUT2D eigenvalue weighted by Gasteiger charge is 2.61. The number of hydrogen-bond acceptors (Lipinski definition) is 2. The number of carbonyl (C=O) groups excluding carboxylic acids is 2. The predicted octanol–water partition coefficient (Wildman–Crippen LogP) is 2.79. The molecule has 0 aliphatic heterocycles. The van der Waals surface area contributed by atoms with E-state index in [2.05, 4.69) is 24.3 Å². The molecular weight excluding hydrogens is 324 g/mol. The molecule has 2 atom stereocenters. The summed E-state index contributed by atoms with van der Waals surface area (Å²) in [4.78, 5) is 26.3. The zero-order valence-corrected chi connectivity index (χ0v) is 14.9. The molecular formula is C22H24N2O2. The fourth-order valence-electron chi connectivity index (χ4n) is 4.46. The first-order valence-electron chi connectivity index (χ1n) is 9.29. The van der Waals surface area contributed by atoms with Crippen LogP contribution in [0.25, 0.3) is 0 Å². The average molecular weight is 348 g/mol. The zero-order chi connectivity index (χ0) is 18.1. The maximum absolute atomic E-state index is 13.3. The lowest BCUT2D eigenvalue weighted by atomic mass is 9.95. The molecule has 0 unspecified atom stereocenters. The van der Waals surface area contributed by atoms with E-state index in [1.807, 2.05) is 35.2 Å². The van der Waals surface area contributed by atoms with Crippen LogP contribution in [0.3, 0.4) is 0 Å². The van der Waals surface area contributed by atoms with Crippen molar-refractivity contribution in [2.75, 3.05) is 6.54 Å². The van der Waals surface area contributed by atoms with Gasteiger partial charge in [-0.15, -0.1) is 0 Å². The largest absolute Gasteiger partial charge is 0.370 e. The fraction of sp³-hybridized carbons (Fsp3) is 0.364. The summed E-state index contributed by atoms with van der Waals surface area (Å²) in [5.74, 6) is -0.179. The van der Waals surface area contributed by atoms with Gasteiger partial charge in [0.25, 0.3) is 0 Å². The van der Waals surface area contributed by atoms with E-state index in [0.717, 1.165) is 24.8 Å². The number of nitrogens with zero attached hydrogens (tertiary/aromatic N) is 1. The van der Waals surface area contributed by atoms with E-state index in [1.54, 1.807) is 0 Å². The molecule has 0 radical (unpaired) electrons. The third-order valence-corrected chi connectivity index (χ3v) is 5.92. The van der Waals surface area contributed by atoms with Crippen LogP contribution in [-0.2, 0) is 28.0 Å². The molecule has 0 heterocycles. The van der Waals surface area contributed by atoms with Gasteiger partial charge in [0.05, 0.1) is 0 Å². The topological polar surface area (TPSA) is 63.4 Å². The molecule has 2 N–H and O–H groups in total. The smallest absolute Gasteiger partial charge is 0.226 e. The Morgan fingerprint density at radius 3 is 2.58 bits per heavy atom. The quantitative estimate of drug-likeness (QED) is 0.872. The number of carbonyl (C=O) groups is 2. The molecule has 0 saturated heterocycles. The van der Waals surface area contributed by atoms with E-state index in [0.29, 0.717) is 13.1 Å². The number of nitrogens with two attached hydrogens (primary N) is 1. The average Bonchev–Trinajstić information content (AvgIpc) is 3.27. The molecule has 2 aromatic carbocycles. The van der Waals surface area contributed by atoms with Crippen molar-refractivity contribution in [1.82, 2.24) is 4.90 Å². The molecule has 4 heteroatoms. The van der Waals surface area contributed by atoms with Gasteiger partial charge in [-0.1, -0.05) is 54.6 Å². The Kier molecular flexibility index (Phi) is 4.27. The maximum Gasteiger partial charge on any atom is 0.226 e. The predicted molar refractivity (Wildman–Crippen MR) is 100 cm³/mol. The summed E-state index contributed by atoms with van der Waals surface area (Å²) in [6, 6.07) is 18.4. The first-order valence-corrected chi connectivity index (χ1v) is 9.29. The molecule has 0 aromatic heterocycles. The van der Waals surface area contributed by atoms with Crippen molar-refractivity contribution < 1.29 is 9.59 Å². The summed E-state index contributed by atoms with van der Waals surface area (Å²) < 4.78 is 0. The molecule has 1 fully saturated rings. The molecule has 4 nitrogen and oxygen atoms in total. The summed E-state index contributed by atoms with van der Waals surface area (Å²) in [5.41, 5.74) is 9.17. The van der Waals surface area contributed by atoms with Crippen LogP contribution in [0.5, 0.6) is 0 Å². The summed E-state index contributed by atoms with van der Waals surface area (Å²) in [7, 11) is 0. The van der Waals surface area contributed by atoms with Crippen molar-refractivity contribution in [3.05, 3.63) is 71.3 Å². The monoisotopic (exact) mass is 348 g/mol. The highest BCUT2D eigenvalue weighted by atomic mass is 16.2. The SMILES string of the molecule is NC(=O)CCN(Cc1ccccc1)C(=O)[C@@H]1C[C@]12CCc1ccccc12. The van der Waals surface area contributed by atoms with Gasteiger partial charge < -0.3 is 10.6 Å². The van der Waals surface area contributed by atoms with Crippen molar-refractivity contribution in [3.63, 3.8) is 0 Å². The number of aryl methyl sites for hydroxylation is 1. The molecule has 1 saturated carbocycles. The Bertz CT molecular complexity index is 833. The van der Waals surface area contributed by atoms with Gasteiger partial charge in [0.2, 0.25) is 11.8 Å². The molecule has 2 aliphatic rings. The van der Waals surface area contributed by atoms with E-state index >= 15 is 0 Å². The number of benzene rings is 2. The van der Waals surface area contributed by atoms with Gasteiger partial charge in [0.1, 0.15) is 0 Å². The van der Waals surface area contributed by atoms with Crippen LogP contribution >= 0.6 is 0 Å². The fourth-order valence-corrected chi connectivity index (χ4v) is 4.46. The number of rotatable bonds is 6. The second-order valence-electron chi connectivity index (χ2n) is 7.53. The summed E-state index contributed by atoms with van der Waals surface area (Å²) in [6.07, 6.45) is 3.23. The van der Waals surface area contributed by atoms with Crippen LogP contribution in [0.1, 0.15) is 36.0 Å². The Labute approximate surface area is 154 Å². The van der Waals surface area contributed by atoms with Gasteiger partial charge in [0, 0.05) is 30.8 Å². The van der Waals surface area contributed by atoms with Gasteiger partial charge >= 0.3 is 0 Å². The highest BCUT2D eigenvalue weighted by Crippen LogP contribution is 2.62. The number of amides is 2. The Morgan fingerprint density at radius 2 is 1.81 bits per heavy atom. The lowest BCUT2D eigenvalue weighted by Crippen LogP contribution is -2.36. The van der Waals surface area contributed by atoms with Crippen LogP contribution < -0.4 is 5.73 Å². The summed E-state index contributed by atoms with van der Waals surface area (Å²) >= 11 is 0. The third kappa shape index (κ3) is 3.00. The Morgan fingerprint density at radius 1 is 1.08 bits per heavy atom. The van der Waals surface area contributed by atoms with Crippen molar-refractivity contribution in [3.8, 4) is 0 Å². The van der Waals surface area contributed by atoms with Crippen LogP contribution in [0.4, 0.5) is 0 Å². The minimum Gasteiger partial charge on any atom is -0.370 e. The normalized spacial score (nSPS) is 22.8. The van der Waals surface area contributed by atoms with Crippen LogP contribution in [0.2, 0.25) is 0 Å². The highest BCUT2D eigenvalue weighted by molar-refractivity contribution is 5.85. The standard InChI is InChI=1S/C22H24N2O2/c23-20(25)11-13-24(15-16-6-2-1-3-7-16)21(26)19-14-22(19)12-10-17-8-4-5-9-18(17)22/h1-9,19H,10-15H2,(H2,23,25)/t19-,22-/m0/s1. The molecule has 4 rings (SSSR count). The van der Waals surface area contributed by atoms with Crippen LogP contribution in [-0.4, -0.2) is 23.3 Å². The number of fused-ring (bicyclic) bond motifs is 2. The van der Waals surface area contributed by atoms with Gasteiger partial charge in [-0.3, -0.25) is 9.59 Å². The van der Waals surface area contributed by atoms with Gasteiger partial charge in [-0.2, -0.15) is 0 Å². The lowest BCUT2D eigenvalue weighted by Gasteiger charge is -2.24. The van der Waals surface area contributed by atoms with Gasteiger partial charge in [-0.25, -0.2) is 0 Å². The number of hydrogen-bond donors (Lipinski definition) is 1. The minimum atomic E-state index is -0.368. The van der Waals surface area contributed by atoms with Crippen LogP contribution in [0, 0.1) is 5.92 Å². The maximum atomic E-state index is 13.3. The first kappa shape index (κ1) is 16.8. The van der Waals surface area contributed by atoms with E-state index in [-0.39, 0.29) is 29.6 Å². The third-order valence-electron chi connectivity index (χ3n) is 5.92. The molecule has 1 spiro atoms. The molecule has 2 aliphatic carbocycles. The first-order chi connectivity index (χ1) is 12.6. The summed E-state index contributed by atoms with van der Waals surface area (Å²) in [6.45, 7) is 0.915. The lowest BCUT2D eigenvalue weighted by molar-refractivity contribution is -0.134. The van der Waals surface area contributed by atoms with Gasteiger partial charge in [-0.05, 0) is 36.0 Å². The summed E-state index contributed by atoms with van der Waals surface area (Å²) in [5, 5.41) is 0. The molecule has 2 amide bonds. The number of primary amides is 1. The second-order valence-corrected chi connectivity index (χ2v) is 7.53. The van der Waals surface area contributed by atoms with E-state index in [1.165, 1.54) is 11.1 Å². The van der Waals surface area contributed by atoms with Crippen molar-refractivity contribution in [2.24, 2.45) is 11.7 Å². The van der Waals surface area contributed by atoms with Crippen molar-refractivity contribution in [1.29, 1.82) is 0 Å². The van der Waals surface area contributed by atoms with Crippen molar-refractivity contribution in [2.45, 2.75) is 37.6 Å². The molecule has 134 valence electrons. The minimum absolute atomic E-state index is 0.0232. The van der Waals surface area contributed by atoms with E-state index in [9.17, 15) is 9.59 Å².